The lowest BCUT2D eigenvalue weighted by molar-refractivity contribution is -0.384. The van der Waals surface area contributed by atoms with Crippen LogP contribution in [0.5, 0.6) is 5.75 Å². The quantitative estimate of drug-likeness (QED) is 0.495. The Kier molecular flexibility index (Phi) is 4.49. The van der Waals surface area contributed by atoms with Crippen molar-refractivity contribution >= 4 is 34.4 Å². The molecular weight excluding hydrogens is 294 g/mol. The highest BCUT2D eigenvalue weighted by Gasteiger charge is 2.21. The van der Waals surface area contributed by atoms with Crippen LogP contribution < -0.4 is 15.8 Å². The number of nitro benzene ring substituents is 1. The van der Waals surface area contributed by atoms with E-state index in [1.165, 1.54) is 0 Å². The second-order valence-electron chi connectivity index (χ2n) is 4.21. The van der Waals surface area contributed by atoms with Crippen LogP contribution in [0.15, 0.2) is 36.4 Å². The molecule has 2 aromatic rings. The van der Waals surface area contributed by atoms with Gasteiger partial charge in [0.2, 0.25) is 0 Å². The maximum atomic E-state index is 11.3. The zero-order chi connectivity index (χ0) is 15.4. The zero-order valence-electron chi connectivity index (χ0n) is 11.3. The number of nitrogen functional groups attached to an aromatic ring is 1. The molecule has 0 aromatic heterocycles. The summed E-state index contributed by atoms with van der Waals surface area (Å²) in [6, 6.07) is 9.68. The molecule has 110 valence electrons. The second kappa shape index (κ2) is 6.32. The van der Waals surface area contributed by atoms with Gasteiger partial charge < -0.3 is 15.8 Å². The first kappa shape index (κ1) is 14.9. The summed E-state index contributed by atoms with van der Waals surface area (Å²) >= 11 is 6.06. The summed E-state index contributed by atoms with van der Waals surface area (Å²) in [5.41, 5.74) is 6.85. The van der Waals surface area contributed by atoms with Crippen molar-refractivity contribution < 1.29 is 9.66 Å². The average Bonchev–Trinajstić information content (AvgIpc) is 2.43. The lowest BCUT2D eigenvalue weighted by Gasteiger charge is -2.12. The monoisotopic (exact) mass is 307 g/mol. The maximum absolute atomic E-state index is 11.3. The molecule has 0 unspecified atom stereocenters. The summed E-state index contributed by atoms with van der Waals surface area (Å²) in [5, 5.41) is 14.6. The predicted octanol–water partition coefficient (Wildman–Crippen LogP) is 3.97. The van der Waals surface area contributed by atoms with Gasteiger partial charge >= 0.3 is 5.69 Å². The fraction of sp³-hybridized carbons (Fsp3) is 0.143. The molecule has 3 N–H and O–H groups in total. The predicted molar refractivity (Wildman–Crippen MR) is 83.4 cm³/mol. The fourth-order valence-corrected chi connectivity index (χ4v) is 2.03. The molecule has 7 heteroatoms. The van der Waals surface area contributed by atoms with Crippen molar-refractivity contribution in [1.82, 2.24) is 0 Å². The molecule has 6 nitrogen and oxygen atoms in total. The maximum Gasteiger partial charge on any atom is 0.334 e. The van der Waals surface area contributed by atoms with E-state index in [2.05, 4.69) is 5.32 Å². The van der Waals surface area contributed by atoms with Crippen molar-refractivity contribution in [2.45, 2.75) is 6.92 Å². The number of nitrogens with two attached hydrogens (primary N) is 1. The third-order valence-corrected chi connectivity index (χ3v) is 3.07. The van der Waals surface area contributed by atoms with Gasteiger partial charge in [0.1, 0.15) is 5.69 Å². The number of hydrogen-bond acceptors (Lipinski definition) is 5. The van der Waals surface area contributed by atoms with Gasteiger partial charge in [-0.3, -0.25) is 10.1 Å². The molecule has 0 amide bonds. The number of para-hydroxylation sites is 1. The molecule has 0 heterocycles. The van der Waals surface area contributed by atoms with E-state index in [0.29, 0.717) is 28.7 Å². The molecule has 0 radical (unpaired) electrons. The lowest BCUT2D eigenvalue weighted by atomic mass is 10.2. The van der Waals surface area contributed by atoms with Crippen molar-refractivity contribution in [2.24, 2.45) is 0 Å². The number of rotatable bonds is 5. The van der Waals surface area contributed by atoms with Crippen molar-refractivity contribution in [1.29, 1.82) is 0 Å². The van der Waals surface area contributed by atoms with Gasteiger partial charge in [-0.05, 0) is 37.3 Å². The van der Waals surface area contributed by atoms with Crippen LogP contribution in [-0.4, -0.2) is 11.5 Å². The highest BCUT2D eigenvalue weighted by atomic mass is 35.5. The van der Waals surface area contributed by atoms with Crippen molar-refractivity contribution in [3.05, 3.63) is 51.5 Å². The topological polar surface area (TPSA) is 90.4 Å². The molecule has 2 aromatic carbocycles. The Morgan fingerprint density at radius 2 is 2.10 bits per heavy atom. The molecule has 0 saturated carbocycles. The zero-order valence-corrected chi connectivity index (χ0v) is 12.1. The summed E-state index contributed by atoms with van der Waals surface area (Å²) in [6.45, 7) is 2.10. The van der Waals surface area contributed by atoms with Crippen LogP contribution in [-0.2, 0) is 0 Å². The minimum absolute atomic E-state index is 0.141. The number of anilines is 3. The van der Waals surface area contributed by atoms with E-state index in [0.717, 1.165) is 0 Å². The molecule has 0 bridgehead atoms. The van der Waals surface area contributed by atoms with Gasteiger partial charge in [-0.15, -0.1) is 0 Å². The van der Waals surface area contributed by atoms with Gasteiger partial charge in [0.05, 0.1) is 22.2 Å². The van der Waals surface area contributed by atoms with E-state index in [9.17, 15) is 10.1 Å². The van der Waals surface area contributed by atoms with Crippen LogP contribution >= 0.6 is 11.6 Å². The Balaban J connectivity index is 2.46. The van der Waals surface area contributed by atoms with Gasteiger partial charge in [0, 0.05) is 5.69 Å². The number of ether oxygens (including phenoxy) is 1. The van der Waals surface area contributed by atoms with Crippen molar-refractivity contribution in [3.8, 4) is 5.75 Å². The van der Waals surface area contributed by atoms with E-state index in [1.807, 2.05) is 0 Å². The Morgan fingerprint density at radius 1 is 1.33 bits per heavy atom. The van der Waals surface area contributed by atoms with Gasteiger partial charge in [-0.1, -0.05) is 17.7 Å². The molecule has 0 spiro atoms. The first-order chi connectivity index (χ1) is 10.0. The first-order valence-electron chi connectivity index (χ1n) is 6.25. The third kappa shape index (κ3) is 3.35. The van der Waals surface area contributed by atoms with Crippen LogP contribution in [0, 0.1) is 10.1 Å². The lowest BCUT2D eigenvalue weighted by Crippen LogP contribution is -2.02. The summed E-state index contributed by atoms with van der Waals surface area (Å²) in [6.07, 6.45) is 0. The SMILES string of the molecule is CCOc1cccc(Nc2cc(N)ccc2Cl)c1[N+](=O)[O-]. The third-order valence-electron chi connectivity index (χ3n) is 2.74. The van der Waals surface area contributed by atoms with Crippen LogP contribution in [0.25, 0.3) is 0 Å². The van der Waals surface area contributed by atoms with Crippen LogP contribution in [0.2, 0.25) is 5.02 Å². The number of nitrogens with one attached hydrogen (secondary N) is 1. The molecule has 0 aliphatic heterocycles. The summed E-state index contributed by atoms with van der Waals surface area (Å²) in [7, 11) is 0. The van der Waals surface area contributed by atoms with E-state index in [-0.39, 0.29) is 11.4 Å². The first-order valence-corrected chi connectivity index (χ1v) is 6.63. The minimum Gasteiger partial charge on any atom is -0.487 e. The Bertz CT molecular complexity index is 677. The highest BCUT2D eigenvalue weighted by Crippen LogP contribution is 2.38. The largest absolute Gasteiger partial charge is 0.487 e. The van der Waals surface area contributed by atoms with Crippen LogP contribution in [0.4, 0.5) is 22.7 Å². The standard InChI is InChI=1S/C14H14ClN3O3/c1-2-21-13-5-3-4-11(14(13)18(19)20)17-12-8-9(16)6-7-10(12)15/h3-8,17H,2,16H2,1H3. The van der Waals surface area contributed by atoms with Crippen LogP contribution in [0.3, 0.4) is 0 Å². The average molecular weight is 308 g/mol. The molecule has 2 rings (SSSR count). The smallest absolute Gasteiger partial charge is 0.334 e. The molecule has 0 saturated heterocycles. The molecule has 0 atom stereocenters. The Morgan fingerprint density at radius 3 is 2.76 bits per heavy atom. The van der Waals surface area contributed by atoms with E-state index < -0.39 is 4.92 Å². The summed E-state index contributed by atoms with van der Waals surface area (Å²) in [4.78, 5) is 10.8. The molecule has 21 heavy (non-hydrogen) atoms. The minimum atomic E-state index is -0.493. The van der Waals surface area contributed by atoms with Crippen LogP contribution in [0.1, 0.15) is 6.92 Å². The van der Waals surface area contributed by atoms with Gasteiger partial charge in [0.15, 0.2) is 5.75 Å². The summed E-state index contributed by atoms with van der Waals surface area (Å²) in [5.74, 6) is 0.201. The number of benzene rings is 2. The number of halogens is 1. The van der Waals surface area contributed by atoms with E-state index in [4.69, 9.17) is 22.1 Å². The number of nitrogens with zero attached hydrogens (tertiary/aromatic N) is 1. The fourth-order valence-electron chi connectivity index (χ4n) is 1.87. The molecule has 0 aliphatic carbocycles. The number of nitro groups is 1. The Hall–Kier alpha value is -2.47. The van der Waals surface area contributed by atoms with Crippen molar-refractivity contribution in [2.75, 3.05) is 17.7 Å². The van der Waals surface area contributed by atoms with Gasteiger partial charge in [-0.2, -0.15) is 0 Å². The second-order valence-corrected chi connectivity index (χ2v) is 4.61. The van der Waals surface area contributed by atoms with E-state index in [1.54, 1.807) is 43.3 Å². The van der Waals surface area contributed by atoms with Gasteiger partial charge in [0.25, 0.3) is 0 Å². The molecule has 0 fully saturated rings. The van der Waals surface area contributed by atoms with Gasteiger partial charge in [-0.25, -0.2) is 0 Å². The van der Waals surface area contributed by atoms with E-state index >= 15 is 0 Å². The number of hydrogen-bond donors (Lipinski definition) is 2. The summed E-state index contributed by atoms with van der Waals surface area (Å²) < 4.78 is 5.29. The molecular formula is C14H14ClN3O3. The van der Waals surface area contributed by atoms with Crippen molar-refractivity contribution in [3.63, 3.8) is 0 Å². The highest BCUT2D eigenvalue weighted by molar-refractivity contribution is 6.33. The normalized spacial score (nSPS) is 10.2. The molecule has 0 aliphatic rings. The Labute approximate surface area is 126 Å².